The van der Waals surface area contributed by atoms with Gasteiger partial charge in [-0.15, -0.1) is 0 Å². The van der Waals surface area contributed by atoms with Gasteiger partial charge in [-0.1, -0.05) is 13.0 Å². The summed E-state index contributed by atoms with van der Waals surface area (Å²) in [5.41, 5.74) is 2.29. The molecule has 134 valence electrons. The van der Waals surface area contributed by atoms with Crippen LogP contribution in [0.2, 0.25) is 0 Å². The van der Waals surface area contributed by atoms with E-state index in [1.165, 1.54) is 18.5 Å². The summed E-state index contributed by atoms with van der Waals surface area (Å²) in [6.45, 7) is 3.32. The molecule has 4 nitrogen and oxygen atoms in total. The van der Waals surface area contributed by atoms with Crippen LogP contribution in [0.1, 0.15) is 37.9 Å². The molecule has 0 saturated carbocycles. The largest absolute Gasteiger partial charge is 0.497 e. The molecular weight excluding hydrogens is 330 g/mol. The molecule has 2 aromatic rings. The maximum atomic E-state index is 5.79. The molecule has 0 spiro atoms. The van der Waals surface area contributed by atoms with E-state index >= 15 is 0 Å². The summed E-state index contributed by atoms with van der Waals surface area (Å²) in [6.07, 6.45) is 5.63. The number of likely N-dealkylation sites (tertiary alicyclic amines) is 1. The summed E-state index contributed by atoms with van der Waals surface area (Å²) >= 11 is 5.79. The number of ether oxygens (including phenoxy) is 1. The summed E-state index contributed by atoms with van der Waals surface area (Å²) in [5.74, 6) is 1.56. The number of anilines is 1. The van der Waals surface area contributed by atoms with Crippen LogP contribution >= 0.6 is 12.2 Å². The Bertz CT molecular complexity index is 727. The number of aryl methyl sites for hydroxylation is 1. The van der Waals surface area contributed by atoms with Crippen molar-refractivity contribution in [3.8, 4) is 5.75 Å². The second-order valence-electron chi connectivity index (χ2n) is 6.89. The third-order valence-electron chi connectivity index (χ3n) is 5.08. The fourth-order valence-electron chi connectivity index (χ4n) is 3.53. The lowest BCUT2D eigenvalue weighted by Gasteiger charge is -2.33. The molecule has 5 heteroatoms. The molecular formula is C20H27N3OS. The zero-order chi connectivity index (χ0) is 17.8. The highest BCUT2D eigenvalue weighted by Gasteiger charge is 2.28. The minimum atomic E-state index is 0.315. The van der Waals surface area contributed by atoms with Gasteiger partial charge in [-0.05, 0) is 61.7 Å². The smallest absolute Gasteiger partial charge is 0.173 e. The summed E-state index contributed by atoms with van der Waals surface area (Å²) in [7, 11) is 3.79. The molecule has 1 aliphatic rings. The molecule has 1 aliphatic heterocycles. The van der Waals surface area contributed by atoms with E-state index in [4.69, 9.17) is 17.0 Å². The van der Waals surface area contributed by atoms with Crippen LogP contribution in [0, 0.1) is 5.92 Å². The van der Waals surface area contributed by atoms with Crippen LogP contribution in [-0.2, 0) is 7.05 Å². The van der Waals surface area contributed by atoms with Crippen molar-refractivity contribution in [3.63, 3.8) is 0 Å². The predicted molar refractivity (Wildman–Crippen MR) is 107 cm³/mol. The Labute approximate surface area is 155 Å². The summed E-state index contributed by atoms with van der Waals surface area (Å²) in [6, 6.07) is 12.5. The fourth-order valence-corrected chi connectivity index (χ4v) is 3.86. The number of nitrogens with zero attached hydrogens (tertiary/aromatic N) is 2. The third kappa shape index (κ3) is 4.15. The Morgan fingerprint density at radius 2 is 2.04 bits per heavy atom. The minimum Gasteiger partial charge on any atom is -0.497 e. The predicted octanol–water partition coefficient (Wildman–Crippen LogP) is 4.59. The maximum Gasteiger partial charge on any atom is 0.173 e. The highest BCUT2D eigenvalue weighted by atomic mass is 32.1. The Morgan fingerprint density at radius 1 is 1.20 bits per heavy atom. The van der Waals surface area contributed by atoms with Crippen molar-refractivity contribution >= 4 is 23.0 Å². The fraction of sp³-hybridized carbons (Fsp3) is 0.450. The van der Waals surface area contributed by atoms with Crippen molar-refractivity contribution in [1.29, 1.82) is 0 Å². The van der Waals surface area contributed by atoms with E-state index in [-0.39, 0.29) is 0 Å². The monoisotopic (exact) mass is 357 g/mol. The molecule has 3 rings (SSSR count). The molecule has 2 heterocycles. The van der Waals surface area contributed by atoms with Crippen molar-refractivity contribution in [1.82, 2.24) is 9.47 Å². The zero-order valence-corrected chi connectivity index (χ0v) is 16.1. The second kappa shape index (κ2) is 7.91. The molecule has 1 fully saturated rings. The minimum absolute atomic E-state index is 0.315. The first-order valence-corrected chi connectivity index (χ1v) is 9.32. The number of nitrogens with one attached hydrogen (secondary N) is 1. The Balaban J connectivity index is 1.82. The molecule has 1 saturated heterocycles. The lowest BCUT2D eigenvalue weighted by atomic mass is 10.0. The maximum absolute atomic E-state index is 5.79. The van der Waals surface area contributed by atoms with Crippen LogP contribution in [0.25, 0.3) is 0 Å². The van der Waals surface area contributed by atoms with Gasteiger partial charge in [0.1, 0.15) is 5.75 Å². The first-order chi connectivity index (χ1) is 12.1. The van der Waals surface area contributed by atoms with Crippen molar-refractivity contribution < 1.29 is 4.74 Å². The van der Waals surface area contributed by atoms with Crippen molar-refractivity contribution in [2.75, 3.05) is 19.0 Å². The van der Waals surface area contributed by atoms with Gasteiger partial charge >= 0.3 is 0 Å². The summed E-state index contributed by atoms with van der Waals surface area (Å²) in [5, 5.41) is 4.19. The first-order valence-electron chi connectivity index (χ1n) is 8.91. The number of rotatable bonds is 3. The summed E-state index contributed by atoms with van der Waals surface area (Å²) < 4.78 is 7.52. The number of methoxy groups -OCH3 is 1. The van der Waals surface area contributed by atoms with Crippen molar-refractivity contribution in [3.05, 3.63) is 48.3 Å². The quantitative estimate of drug-likeness (QED) is 0.814. The Hall–Kier alpha value is -2.01. The highest BCUT2D eigenvalue weighted by Crippen LogP contribution is 2.33. The molecule has 0 aliphatic carbocycles. The lowest BCUT2D eigenvalue weighted by Crippen LogP contribution is -2.38. The molecule has 2 atom stereocenters. The second-order valence-corrected chi connectivity index (χ2v) is 7.27. The normalized spacial score (nSPS) is 20.8. The molecule has 0 amide bonds. The lowest BCUT2D eigenvalue weighted by molar-refractivity contribution is 0.314. The van der Waals surface area contributed by atoms with Crippen molar-refractivity contribution in [2.45, 2.75) is 32.2 Å². The third-order valence-corrected chi connectivity index (χ3v) is 5.42. The van der Waals surface area contributed by atoms with E-state index in [9.17, 15) is 0 Å². The van der Waals surface area contributed by atoms with Gasteiger partial charge < -0.3 is 19.5 Å². The van der Waals surface area contributed by atoms with Gasteiger partial charge in [0, 0.05) is 37.2 Å². The van der Waals surface area contributed by atoms with Crippen LogP contribution in [0.3, 0.4) is 0 Å². The standard InChI is InChI=1S/C20H27N3OS/c1-15-9-10-19(18-8-5-12-22(18)2)23(13-11-15)20(25)21-16-6-4-7-17(14-16)24-3/h4-8,12,14-15,19H,9-11,13H2,1-3H3,(H,21,25)/t15-,19+/m1/s1. The van der Waals surface area contributed by atoms with Crippen LogP contribution in [0.15, 0.2) is 42.6 Å². The average Bonchev–Trinajstić information content (AvgIpc) is 2.93. The molecule has 1 aromatic heterocycles. The van der Waals surface area contributed by atoms with Gasteiger partial charge in [-0.3, -0.25) is 0 Å². The molecule has 25 heavy (non-hydrogen) atoms. The first kappa shape index (κ1) is 17.8. The van der Waals surface area contributed by atoms with E-state index in [0.29, 0.717) is 6.04 Å². The SMILES string of the molecule is COc1cccc(NC(=S)N2CC[C@H](C)CC[C@H]2c2cccn2C)c1. The number of hydrogen-bond donors (Lipinski definition) is 1. The number of hydrogen-bond acceptors (Lipinski definition) is 2. The van der Waals surface area contributed by atoms with E-state index in [2.05, 4.69) is 47.1 Å². The van der Waals surface area contributed by atoms with Gasteiger partial charge in [0.15, 0.2) is 5.11 Å². The van der Waals surface area contributed by atoms with Gasteiger partial charge in [-0.2, -0.15) is 0 Å². The number of aromatic nitrogens is 1. The summed E-state index contributed by atoms with van der Waals surface area (Å²) in [4.78, 5) is 2.35. The average molecular weight is 358 g/mol. The highest BCUT2D eigenvalue weighted by molar-refractivity contribution is 7.80. The van der Waals surface area contributed by atoms with E-state index in [0.717, 1.165) is 35.4 Å². The van der Waals surface area contributed by atoms with E-state index in [1.807, 2.05) is 24.3 Å². The van der Waals surface area contributed by atoms with Gasteiger partial charge in [0.05, 0.1) is 13.2 Å². The number of benzene rings is 1. The van der Waals surface area contributed by atoms with Crippen molar-refractivity contribution in [2.24, 2.45) is 13.0 Å². The molecule has 1 N–H and O–H groups in total. The van der Waals surface area contributed by atoms with Gasteiger partial charge in [-0.25, -0.2) is 0 Å². The van der Waals surface area contributed by atoms with E-state index in [1.54, 1.807) is 7.11 Å². The number of thiocarbonyl (C=S) groups is 1. The topological polar surface area (TPSA) is 29.4 Å². The zero-order valence-electron chi connectivity index (χ0n) is 15.2. The molecule has 0 bridgehead atoms. The molecule has 1 aromatic carbocycles. The van der Waals surface area contributed by atoms with Crippen LogP contribution in [0.5, 0.6) is 5.75 Å². The van der Waals surface area contributed by atoms with Crippen LogP contribution in [-0.4, -0.2) is 28.2 Å². The van der Waals surface area contributed by atoms with Crippen LogP contribution < -0.4 is 10.1 Å². The van der Waals surface area contributed by atoms with Gasteiger partial charge in [0.2, 0.25) is 0 Å². The molecule has 0 radical (unpaired) electrons. The van der Waals surface area contributed by atoms with Gasteiger partial charge in [0.25, 0.3) is 0 Å². The Kier molecular flexibility index (Phi) is 5.63. The van der Waals surface area contributed by atoms with Crippen LogP contribution in [0.4, 0.5) is 5.69 Å². The Morgan fingerprint density at radius 3 is 2.76 bits per heavy atom. The molecule has 0 unspecified atom stereocenters. The van der Waals surface area contributed by atoms with E-state index < -0.39 is 0 Å².